The van der Waals surface area contributed by atoms with Gasteiger partial charge < -0.3 is 5.11 Å². The summed E-state index contributed by atoms with van der Waals surface area (Å²) >= 11 is 0. The first kappa shape index (κ1) is 12.0. The van der Waals surface area contributed by atoms with Crippen molar-refractivity contribution in [2.75, 3.05) is 0 Å². The maximum absolute atomic E-state index is 11.4. The lowest BCUT2D eigenvalue weighted by atomic mass is 9.96. The van der Waals surface area contributed by atoms with Crippen molar-refractivity contribution in [1.29, 1.82) is 0 Å². The van der Waals surface area contributed by atoms with Gasteiger partial charge in [-0.2, -0.15) is 12.7 Å². The Labute approximate surface area is 98.8 Å². The molecular formula is C10H12N2O4S. The smallest absolute Gasteiger partial charge is 0.322 e. The predicted octanol–water partition coefficient (Wildman–Crippen LogP) is -0.299. The Morgan fingerprint density at radius 2 is 1.94 bits per heavy atom. The molecule has 0 amide bonds. The first-order valence-corrected chi connectivity index (χ1v) is 6.49. The molecule has 1 aromatic rings. The van der Waals surface area contributed by atoms with Crippen LogP contribution in [0.15, 0.2) is 24.3 Å². The largest absolute Gasteiger partial charge is 0.480 e. The predicted molar refractivity (Wildman–Crippen MR) is 60.2 cm³/mol. The Hall–Kier alpha value is -1.44. The average molecular weight is 256 g/mol. The van der Waals surface area contributed by atoms with Gasteiger partial charge in [-0.25, -0.2) is 5.14 Å². The van der Waals surface area contributed by atoms with Gasteiger partial charge >= 0.3 is 5.97 Å². The normalized spacial score (nSPS) is 20.9. The summed E-state index contributed by atoms with van der Waals surface area (Å²) in [5, 5.41) is 14.1. The molecule has 0 spiro atoms. The second-order valence-corrected chi connectivity index (χ2v) is 5.42. The summed E-state index contributed by atoms with van der Waals surface area (Å²) in [6, 6.07) is 6.02. The van der Waals surface area contributed by atoms with Crippen molar-refractivity contribution in [1.82, 2.24) is 4.31 Å². The number of benzene rings is 1. The standard InChI is InChI=1S/C10H12N2O4S/c11-17(15,16)12-6-8-4-2-1-3-7(8)5-9(12)10(13)14/h1-4,9H,5-6H2,(H,13,14)(H2,11,15,16). The highest BCUT2D eigenvalue weighted by Crippen LogP contribution is 2.24. The summed E-state index contributed by atoms with van der Waals surface area (Å²) in [6.45, 7) is 0.00593. The molecule has 0 saturated heterocycles. The number of carboxylic acid groups (broad SMARTS) is 1. The molecule has 0 aromatic heterocycles. The van der Waals surface area contributed by atoms with E-state index in [2.05, 4.69) is 0 Å². The van der Waals surface area contributed by atoms with Gasteiger partial charge in [-0.05, 0) is 11.1 Å². The van der Waals surface area contributed by atoms with Gasteiger partial charge in [0.05, 0.1) is 0 Å². The molecule has 1 aliphatic heterocycles. The molecule has 6 nitrogen and oxygen atoms in total. The number of rotatable bonds is 2. The highest BCUT2D eigenvalue weighted by atomic mass is 32.2. The van der Waals surface area contributed by atoms with Crippen molar-refractivity contribution < 1.29 is 18.3 Å². The van der Waals surface area contributed by atoms with E-state index in [0.717, 1.165) is 15.4 Å². The van der Waals surface area contributed by atoms with Crippen LogP contribution in [0.3, 0.4) is 0 Å². The van der Waals surface area contributed by atoms with Crippen molar-refractivity contribution in [3.8, 4) is 0 Å². The van der Waals surface area contributed by atoms with Crippen LogP contribution in [0, 0.1) is 0 Å². The lowest BCUT2D eigenvalue weighted by molar-refractivity contribution is -0.141. The second-order valence-electron chi connectivity index (χ2n) is 3.92. The fourth-order valence-electron chi connectivity index (χ4n) is 1.98. The summed E-state index contributed by atoms with van der Waals surface area (Å²) in [5.41, 5.74) is 1.64. The molecule has 3 N–H and O–H groups in total. The van der Waals surface area contributed by atoms with Crippen molar-refractivity contribution in [2.45, 2.75) is 19.0 Å². The summed E-state index contributed by atoms with van der Waals surface area (Å²) in [6.07, 6.45) is 0.141. The molecule has 1 atom stereocenters. The van der Waals surface area contributed by atoms with E-state index >= 15 is 0 Å². The lowest BCUT2D eigenvalue weighted by Gasteiger charge is -2.31. The Kier molecular flexibility index (Phi) is 2.90. The Balaban J connectivity index is 2.45. The van der Waals surface area contributed by atoms with Gasteiger partial charge in [-0.3, -0.25) is 4.79 Å². The van der Waals surface area contributed by atoms with E-state index in [1.54, 1.807) is 24.3 Å². The van der Waals surface area contributed by atoms with Crippen LogP contribution in [-0.2, 0) is 28.0 Å². The molecule has 0 fully saturated rings. The monoisotopic (exact) mass is 256 g/mol. The number of fused-ring (bicyclic) bond motifs is 1. The van der Waals surface area contributed by atoms with Crippen LogP contribution < -0.4 is 5.14 Å². The topological polar surface area (TPSA) is 101 Å². The van der Waals surface area contributed by atoms with E-state index in [0.29, 0.717) is 0 Å². The molecule has 0 saturated carbocycles. The number of carbonyl (C=O) groups is 1. The van der Waals surface area contributed by atoms with Gasteiger partial charge in [0.2, 0.25) is 0 Å². The maximum atomic E-state index is 11.4. The molecule has 2 rings (SSSR count). The number of nitrogens with two attached hydrogens (primary N) is 1. The molecule has 92 valence electrons. The van der Waals surface area contributed by atoms with Gasteiger partial charge in [0.25, 0.3) is 10.2 Å². The Morgan fingerprint density at radius 1 is 1.35 bits per heavy atom. The Morgan fingerprint density at radius 3 is 2.47 bits per heavy atom. The van der Waals surface area contributed by atoms with Crippen molar-refractivity contribution in [3.05, 3.63) is 35.4 Å². The van der Waals surface area contributed by atoms with E-state index in [1.165, 1.54) is 0 Å². The van der Waals surface area contributed by atoms with E-state index in [4.69, 9.17) is 10.2 Å². The number of aliphatic carboxylic acids is 1. The van der Waals surface area contributed by atoms with Crippen LogP contribution >= 0.6 is 0 Å². The fraction of sp³-hybridized carbons (Fsp3) is 0.300. The molecule has 1 heterocycles. The summed E-state index contributed by atoms with van der Waals surface area (Å²) in [7, 11) is -4.01. The quantitative estimate of drug-likeness (QED) is 0.758. The Bertz CT molecular complexity index is 555. The van der Waals surface area contributed by atoms with Crippen LogP contribution in [0.25, 0.3) is 0 Å². The second kappa shape index (κ2) is 4.10. The number of hydrogen-bond donors (Lipinski definition) is 2. The first-order chi connectivity index (χ1) is 7.89. The van der Waals surface area contributed by atoms with Gasteiger partial charge in [0.1, 0.15) is 6.04 Å². The lowest BCUT2D eigenvalue weighted by Crippen LogP contribution is -2.50. The minimum Gasteiger partial charge on any atom is -0.480 e. The molecule has 0 aliphatic carbocycles. The molecule has 7 heteroatoms. The van der Waals surface area contributed by atoms with E-state index in [1.807, 2.05) is 0 Å². The van der Waals surface area contributed by atoms with Gasteiger partial charge in [0.15, 0.2) is 0 Å². The van der Waals surface area contributed by atoms with Gasteiger partial charge in [0, 0.05) is 13.0 Å². The molecule has 1 unspecified atom stereocenters. The highest BCUT2D eigenvalue weighted by Gasteiger charge is 2.37. The molecule has 1 aromatic carbocycles. The molecule has 1 aliphatic rings. The first-order valence-electron chi connectivity index (χ1n) is 4.99. The third-order valence-electron chi connectivity index (χ3n) is 2.82. The van der Waals surface area contributed by atoms with Gasteiger partial charge in [-0.1, -0.05) is 24.3 Å². The fourth-order valence-corrected chi connectivity index (χ4v) is 2.82. The minimum absolute atomic E-state index is 0.00593. The van der Waals surface area contributed by atoms with Crippen LogP contribution in [0.1, 0.15) is 11.1 Å². The zero-order chi connectivity index (χ0) is 12.6. The average Bonchev–Trinajstić information content (AvgIpc) is 2.26. The van der Waals surface area contributed by atoms with Crippen LogP contribution in [-0.4, -0.2) is 29.8 Å². The maximum Gasteiger partial charge on any atom is 0.322 e. The van der Waals surface area contributed by atoms with Crippen molar-refractivity contribution in [2.24, 2.45) is 5.14 Å². The molecule has 0 bridgehead atoms. The highest BCUT2D eigenvalue weighted by molar-refractivity contribution is 7.86. The van der Waals surface area contributed by atoms with Crippen LogP contribution in [0.5, 0.6) is 0 Å². The number of hydrogen-bond acceptors (Lipinski definition) is 3. The summed E-state index contributed by atoms with van der Waals surface area (Å²) < 4.78 is 23.5. The number of carboxylic acids is 1. The molecular weight excluding hydrogens is 244 g/mol. The van der Waals surface area contributed by atoms with Crippen molar-refractivity contribution in [3.63, 3.8) is 0 Å². The molecule has 0 radical (unpaired) electrons. The van der Waals surface area contributed by atoms with Crippen molar-refractivity contribution >= 4 is 16.2 Å². The molecule has 17 heavy (non-hydrogen) atoms. The van der Waals surface area contributed by atoms with E-state index in [-0.39, 0.29) is 13.0 Å². The SMILES string of the molecule is NS(=O)(=O)N1Cc2ccccc2CC1C(=O)O. The summed E-state index contributed by atoms with van der Waals surface area (Å²) in [5.74, 6) is -1.19. The third-order valence-corrected chi connectivity index (χ3v) is 3.85. The van der Waals surface area contributed by atoms with Gasteiger partial charge in [-0.15, -0.1) is 0 Å². The zero-order valence-electron chi connectivity index (χ0n) is 8.91. The number of nitrogens with zero attached hydrogens (tertiary/aromatic N) is 1. The zero-order valence-corrected chi connectivity index (χ0v) is 9.72. The van der Waals surface area contributed by atoms with Crippen LogP contribution in [0.4, 0.5) is 0 Å². The van der Waals surface area contributed by atoms with E-state index < -0.39 is 22.2 Å². The van der Waals surface area contributed by atoms with E-state index in [9.17, 15) is 13.2 Å². The summed E-state index contributed by atoms with van der Waals surface area (Å²) in [4.78, 5) is 11.1. The minimum atomic E-state index is -4.01. The third kappa shape index (κ3) is 2.31. The van der Waals surface area contributed by atoms with Crippen LogP contribution in [0.2, 0.25) is 0 Å².